The summed E-state index contributed by atoms with van der Waals surface area (Å²) in [7, 11) is 1.98. The van der Waals surface area contributed by atoms with E-state index in [4.69, 9.17) is 0 Å². The molecule has 0 fully saturated rings. The Morgan fingerprint density at radius 2 is 2.38 bits per heavy atom. The first-order valence-corrected chi connectivity index (χ1v) is 4.10. The first-order valence-electron chi connectivity index (χ1n) is 2.41. The fraction of sp³-hybridized carbons (Fsp3) is 0.167. The quantitative estimate of drug-likeness (QED) is 0.535. The molecule has 41 valence electrons. The zero-order valence-electron chi connectivity index (χ0n) is 4.92. The first-order chi connectivity index (χ1) is 3.81. The molecule has 0 aliphatic heterocycles. The number of allylic oxidation sites excluding steroid dienone is 3. The second-order valence-corrected chi connectivity index (χ2v) is 2.34. The third-order valence-corrected chi connectivity index (χ3v) is 1.32. The van der Waals surface area contributed by atoms with Gasteiger partial charge < -0.3 is 0 Å². The molecule has 0 aromatic rings. The zero-order valence-corrected chi connectivity index (χ0v) is 7.86. The van der Waals surface area contributed by atoms with Crippen LogP contribution in [0.3, 0.4) is 0 Å². The summed E-state index contributed by atoms with van der Waals surface area (Å²) >= 11 is 1.47. The fourth-order valence-corrected chi connectivity index (χ4v) is 0.541. The van der Waals surface area contributed by atoms with Gasteiger partial charge >= 0.3 is 62.1 Å². The Kier molecular flexibility index (Phi) is 5.31. The van der Waals surface area contributed by atoms with Crippen LogP contribution in [-0.2, 0) is 19.4 Å². The second-order valence-electron chi connectivity index (χ2n) is 1.36. The van der Waals surface area contributed by atoms with Crippen molar-refractivity contribution >= 4 is 11.7 Å². The van der Waals surface area contributed by atoms with E-state index in [-0.39, 0.29) is 0 Å². The van der Waals surface area contributed by atoms with Crippen LogP contribution >= 0.6 is 0 Å². The molecule has 0 unspecified atom stereocenters. The predicted octanol–water partition coefficient (Wildman–Crippen LogP) is 1.16. The van der Waals surface area contributed by atoms with Crippen molar-refractivity contribution in [3.05, 3.63) is 24.2 Å². The molecule has 0 aromatic carbocycles. The van der Waals surface area contributed by atoms with Crippen molar-refractivity contribution in [3.63, 3.8) is 0 Å². The summed E-state index contributed by atoms with van der Waals surface area (Å²) in [5.74, 6) is 0. The molecule has 0 amide bonds. The van der Waals surface area contributed by atoms with E-state index in [1.54, 1.807) is 0 Å². The molecule has 0 rings (SSSR count). The molecular formula is C6H8BW. The van der Waals surface area contributed by atoms with Gasteiger partial charge in [0.1, 0.15) is 0 Å². The molecule has 0 saturated heterocycles. The monoisotopic (exact) mass is 275 g/mol. The van der Waals surface area contributed by atoms with Crippen LogP contribution in [0, 0.1) is 0 Å². The topological polar surface area (TPSA) is 0 Å². The van der Waals surface area contributed by atoms with Crippen LogP contribution in [0.5, 0.6) is 0 Å². The Hall–Kier alpha value is 0.103. The Balaban J connectivity index is 3.52. The molecule has 0 aliphatic rings. The van der Waals surface area contributed by atoms with Gasteiger partial charge in [-0.05, 0) is 0 Å². The predicted molar refractivity (Wildman–Crippen MR) is 36.0 cm³/mol. The Morgan fingerprint density at radius 1 is 1.75 bits per heavy atom. The van der Waals surface area contributed by atoms with Crippen LogP contribution in [0.25, 0.3) is 0 Å². The zero-order chi connectivity index (χ0) is 6.41. The van der Waals surface area contributed by atoms with E-state index < -0.39 is 0 Å². The van der Waals surface area contributed by atoms with Crippen LogP contribution < -0.4 is 0 Å². The van der Waals surface area contributed by atoms with E-state index in [1.165, 1.54) is 19.4 Å². The molecule has 0 saturated carbocycles. The number of rotatable bonds is 3. The second kappa shape index (κ2) is 5.24. The van der Waals surface area contributed by atoms with E-state index in [9.17, 15) is 0 Å². The standard InChI is InChI=1S/C6H8B.W/c1-4-5-6(2)7-3;/h1,4-5H,2H2,3H3;/b5-4-;. The van der Waals surface area contributed by atoms with Gasteiger partial charge in [0.05, 0.1) is 0 Å². The average molecular weight is 275 g/mol. The van der Waals surface area contributed by atoms with E-state index in [2.05, 4.69) is 11.0 Å². The van der Waals surface area contributed by atoms with Crippen LogP contribution in [-0.4, -0.2) is 11.7 Å². The van der Waals surface area contributed by atoms with Crippen LogP contribution in [0.2, 0.25) is 6.82 Å². The van der Waals surface area contributed by atoms with Gasteiger partial charge in [-0.2, -0.15) is 0 Å². The van der Waals surface area contributed by atoms with Crippen molar-refractivity contribution in [3.8, 4) is 0 Å². The van der Waals surface area contributed by atoms with Gasteiger partial charge in [-0.3, -0.25) is 0 Å². The Labute approximate surface area is 62.3 Å². The molecule has 2 heteroatoms. The summed E-state index contributed by atoms with van der Waals surface area (Å²) < 4.78 is 2.06. The molecule has 0 aliphatic carbocycles. The molecule has 8 heavy (non-hydrogen) atoms. The SMILES string of the molecule is C=C([B]C)/C=C\[CH]=[W]. The van der Waals surface area contributed by atoms with E-state index >= 15 is 0 Å². The summed E-state index contributed by atoms with van der Waals surface area (Å²) in [6.45, 7) is 5.74. The minimum atomic E-state index is 1.07. The molecule has 0 nitrogen and oxygen atoms in total. The van der Waals surface area contributed by atoms with Crippen molar-refractivity contribution in [2.24, 2.45) is 0 Å². The van der Waals surface area contributed by atoms with Gasteiger partial charge in [-0.1, -0.05) is 0 Å². The van der Waals surface area contributed by atoms with E-state index in [1.807, 2.05) is 26.3 Å². The minimum absolute atomic E-state index is 1.07. The van der Waals surface area contributed by atoms with E-state index in [0.29, 0.717) is 0 Å². The van der Waals surface area contributed by atoms with Gasteiger partial charge in [0, 0.05) is 0 Å². The molecule has 0 heterocycles. The van der Waals surface area contributed by atoms with Crippen LogP contribution in [0.1, 0.15) is 0 Å². The third kappa shape index (κ3) is 4.27. The van der Waals surface area contributed by atoms with Crippen molar-refractivity contribution in [2.45, 2.75) is 6.82 Å². The number of hydrogen-bond donors (Lipinski definition) is 0. The van der Waals surface area contributed by atoms with E-state index in [0.717, 1.165) is 5.47 Å². The maximum atomic E-state index is 3.76. The first kappa shape index (κ1) is 8.10. The Bertz CT molecular complexity index is 116. The van der Waals surface area contributed by atoms with Crippen molar-refractivity contribution in [1.29, 1.82) is 0 Å². The molecule has 0 bridgehead atoms. The molecule has 0 N–H and O–H groups in total. The van der Waals surface area contributed by atoms with Gasteiger partial charge in [-0.15, -0.1) is 0 Å². The van der Waals surface area contributed by atoms with Gasteiger partial charge in [0.25, 0.3) is 0 Å². The number of hydrogen-bond acceptors (Lipinski definition) is 0. The van der Waals surface area contributed by atoms with Gasteiger partial charge in [0.15, 0.2) is 0 Å². The molecule has 0 spiro atoms. The molecule has 0 aromatic heterocycles. The van der Waals surface area contributed by atoms with Gasteiger partial charge in [-0.25, -0.2) is 0 Å². The summed E-state index contributed by atoms with van der Waals surface area (Å²) in [5.41, 5.74) is 1.07. The summed E-state index contributed by atoms with van der Waals surface area (Å²) in [6, 6.07) is 0. The molecule has 1 radical (unpaired) electrons. The van der Waals surface area contributed by atoms with Crippen molar-refractivity contribution in [1.82, 2.24) is 0 Å². The fourth-order valence-electron chi connectivity index (χ4n) is 0.259. The molecule has 0 atom stereocenters. The van der Waals surface area contributed by atoms with Crippen LogP contribution in [0.4, 0.5) is 0 Å². The maximum absolute atomic E-state index is 3.76. The van der Waals surface area contributed by atoms with Crippen molar-refractivity contribution < 1.29 is 19.4 Å². The summed E-state index contributed by atoms with van der Waals surface area (Å²) in [6.07, 6.45) is 4.00. The summed E-state index contributed by atoms with van der Waals surface area (Å²) in [5, 5.41) is 0. The van der Waals surface area contributed by atoms with Crippen LogP contribution in [0.15, 0.2) is 24.2 Å². The summed E-state index contributed by atoms with van der Waals surface area (Å²) in [4.78, 5) is 0. The molecular weight excluding hydrogens is 267 g/mol. The third-order valence-electron chi connectivity index (χ3n) is 0.760. The van der Waals surface area contributed by atoms with Gasteiger partial charge in [0.2, 0.25) is 0 Å². The normalized spacial score (nSPS) is 9.12. The average Bonchev–Trinajstić information content (AvgIpc) is 1.83. The van der Waals surface area contributed by atoms with Crippen molar-refractivity contribution in [2.75, 3.05) is 0 Å². The Morgan fingerprint density at radius 3 is 2.75 bits per heavy atom.